The molecule has 0 saturated heterocycles. The minimum atomic E-state index is -4.45. The Morgan fingerprint density at radius 1 is 1.17 bits per heavy atom. The summed E-state index contributed by atoms with van der Waals surface area (Å²) < 4.78 is 38.5. The van der Waals surface area contributed by atoms with Crippen LogP contribution < -0.4 is 10.6 Å². The SMILES string of the molecule is Cc1cc(NC2CCC(NC(=O)N(C)C)CC2)cc(C(F)(F)F)n1. The zero-order valence-electron chi connectivity index (χ0n) is 14.1. The van der Waals surface area contributed by atoms with Crippen LogP contribution in [0.3, 0.4) is 0 Å². The molecule has 0 atom stereocenters. The van der Waals surface area contributed by atoms with E-state index in [1.807, 2.05) is 0 Å². The predicted molar refractivity (Wildman–Crippen MR) is 85.9 cm³/mol. The lowest BCUT2D eigenvalue weighted by Crippen LogP contribution is -2.44. The largest absolute Gasteiger partial charge is 0.433 e. The van der Waals surface area contributed by atoms with Crippen LogP contribution in [0.15, 0.2) is 12.1 Å². The Balaban J connectivity index is 1.92. The molecule has 1 aromatic rings. The number of amides is 2. The molecule has 1 aliphatic carbocycles. The van der Waals surface area contributed by atoms with Gasteiger partial charge < -0.3 is 15.5 Å². The summed E-state index contributed by atoms with van der Waals surface area (Å²) in [5.41, 5.74) is -0.105. The number of carbonyl (C=O) groups is 1. The van der Waals surface area contributed by atoms with Gasteiger partial charge in [-0.25, -0.2) is 9.78 Å². The van der Waals surface area contributed by atoms with Crippen LogP contribution in [0.4, 0.5) is 23.7 Å². The van der Waals surface area contributed by atoms with E-state index in [4.69, 9.17) is 0 Å². The molecule has 0 aliphatic heterocycles. The molecule has 5 nitrogen and oxygen atoms in total. The van der Waals surface area contributed by atoms with Crippen LogP contribution in [0, 0.1) is 6.92 Å². The summed E-state index contributed by atoms with van der Waals surface area (Å²) in [6, 6.07) is 2.76. The fourth-order valence-electron chi connectivity index (χ4n) is 2.82. The number of nitrogens with one attached hydrogen (secondary N) is 2. The minimum Gasteiger partial charge on any atom is -0.382 e. The molecule has 0 bridgehead atoms. The number of hydrogen-bond acceptors (Lipinski definition) is 3. The zero-order valence-corrected chi connectivity index (χ0v) is 14.1. The van der Waals surface area contributed by atoms with Crippen LogP contribution in [0.5, 0.6) is 0 Å². The summed E-state index contributed by atoms with van der Waals surface area (Å²) in [4.78, 5) is 16.7. The number of urea groups is 1. The molecule has 2 N–H and O–H groups in total. The van der Waals surface area contributed by atoms with E-state index in [2.05, 4.69) is 15.6 Å². The summed E-state index contributed by atoms with van der Waals surface area (Å²) in [7, 11) is 3.37. The Bertz CT molecular complexity index is 581. The normalized spacial score (nSPS) is 21.2. The molecule has 134 valence electrons. The second-order valence-corrected chi connectivity index (χ2v) is 6.42. The van der Waals surface area contributed by atoms with Crippen LogP contribution in [0.2, 0.25) is 0 Å². The van der Waals surface area contributed by atoms with Crippen LogP contribution in [-0.2, 0) is 6.18 Å². The molecule has 0 aromatic carbocycles. The van der Waals surface area contributed by atoms with E-state index in [0.29, 0.717) is 11.4 Å². The van der Waals surface area contributed by atoms with Crippen molar-refractivity contribution in [2.45, 2.75) is 50.9 Å². The Hall–Kier alpha value is -1.99. The highest BCUT2D eigenvalue weighted by Crippen LogP contribution is 2.30. The fraction of sp³-hybridized carbons (Fsp3) is 0.625. The molecular formula is C16H23F3N4O. The third kappa shape index (κ3) is 5.01. The Morgan fingerprint density at radius 3 is 2.29 bits per heavy atom. The minimum absolute atomic E-state index is 0.0976. The van der Waals surface area contributed by atoms with Crippen LogP contribution in [-0.4, -0.2) is 42.1 Å². The van der Waals surface area contributed by atoms with Gasteiger partial charge in [0.05, 0.1) is 0 Å². The van der Waals surface area contributed by atoms with E-state index in [1.54, 1.807) is 27.1 Å². The number of alkyl halides is 3. The number of nitrogens with zero attached hydrogens (tertiary/aromatic N) is 2. The molecule has 0 spiro atoms. The summed E-state index contributed by atoms with van der Waals surface area (Å²) in [6.07, 6.45) is -1.26. The molecule has 1 saturated carbocycles. The number of pyridine rings is 1. The second kappa shape index (κ2) is 7.27. The van der Waals surface area contributed by atoms with Gasteiger partial charge >= 0.3 is 12.2 Å². The first-order valence-corrected chi connectivity index (χ1v) is 7.95. The molecule has 24 heavy (non-hydrogen) atoms. The van der Waals surface area contributed by atoms with Gasteiger partial charge in [-0.15, -0.1) is 0 Å². The maximum atomic E-state index is 12.8. The molecule has 1 aliphatic rings. The molecule has 1 heterocycles. The standard InChI is InChI=1S/C16H23F3N4O/c1-10-8-13(9-14(20-10)16(17,18)19)21-11-4-6-12(7-5-11)22-15(24)23(2)3/h8-9,11-12H,4-7H2,1-3H3,(H,20,21)(H,22,24). The topological polar surface area (TPSA) is 57.3 Å². The number of aromatic nitrogens is 1. The van der Waals surface area contributed by atoms with E-state index in [0.717, 1.165) is 31.7 Å². The van der Waals surface area contributed by atoms with E-state index in [-0.39, 0.29) is 18.1 Å². The lowest BCUT2D eigenvalue weighted by molar-refractivity contribution is -0.141. The third-order valence-corrected chi connectivity index (χ3v) is 4.08. The van der Waals surface area contributed by atoms with Gasteiger partial charge in [-0.05, 0) is 44.7 Å². The van der Waals surface area contributed by atoms with Crippen molar-refractivity contribution < 1.29 is 18.0 Å². The van der Waals surface area contributed by atoms with Crippen LogP contribution in [0.25, 0.3) is 0 Å². The number of aryl methyl sites for hydroxylation is 1. The van der Waals surface area contributed by atoms with Gasteiger partial charge in [0, 0.05) is 37.6 Å². The number of hydrogen-bond donors (Lipinski definition) is 2. The van der Waals surface area contributed by atoms with Crippen molar-refractivity contribution in [2.75, 3.05) is 19.4 Å². The Morgan fingerprint density at radius 2 is 1.75 bits per heavy atom. The molecular weight excluding hydrogens is 321 g/mol. The molecule has 0 unspecified atom stereocenters. The number of carbonyl (C=O) groups excluding carboxylic acids is 1. The van der Waals surface area contributed by atoms with Crippen molar-refractivity contribution in [1.29, 1.82) is 0 Å². The highest BCUT2D eigenvalue weighted by molar-refractivity contribution is 5.73. The number of rotatable bonds is 3. The van der Waals surface area contributed by atoms with Gasteiger partial charge in [-0.3, -0.25) is 0 Å². The first-order valence-electron chi connectivity index (χ1n) is 7.95. The predicted octanol–water partition coefficient (Wildman–Crippen LogP) is 3.40. The second-order valence-electron chi connectivity index (χ2n) is 6.42. The van der Waals surface area contributed by atoms with Gasteiger partial charge in [-0.2, -0.15) is 13.2 Å². The molecule has 2 rings (SSSR count). The average Bonchev–Trinajstić information content (AvgIpc) is 2.47. The Labute approximate surface area is 139 Å². The van der Waals surface area contributed by atoms with Gasteiger partial charge in [0.1, 0.15) is 5.69 Å². The lowest BCUT2D eigenvalue weighted by atomic mass is 9.91. The number of anilines is 1. The van der Waals surface area contributed by atoms with Crippen molar-refractivity contribution in [1.82, 2.24) is 15.2 Å². The van der Waals surface area contributed by atoms with Crippen molar-refractivity contribution in [3.8, 4) is 0 Å². The first-order chi connectivity index (χ1) is 11.1. The Kier molecular flexibility index (Phi) is 5.56. The molecule has 1 fully saturated rings. The van der Waals surface area contributed by atoms with Crippen molar-refractivity contribution in [3.63, 3.8) is 0 Å². The summed E-state index contributed by atoms with van der Waals surface area (Å²) >= 11 is 0. The summed E-state index contributed by atoms with van der Waals surface area (Å²) in [6.45, 7) is 1.55. The average molecular weight is 344 g/mol. The lowest BCUT2D eigenvalue weighted by Gasteiger charge is -2.31. The highest BCUT2D eigenvalue weighted by Gasteiger charge is 2.33. The van der Waals surface area contributed by atoms with Crippen molar-refractivity contribution in [3.05, 3.63) is 23.5 Å². The van der Waals surface area contributed by atoms with Crippen molar-refractivity contribution in [2.24, 2.45) is 0 Å². The summed E-state index contributed by atoms with van der Waals surface area (Å²) in [5, 5.41) is 6.11. The maximum absolute atomic E-state index is 12.8. The number of halogens is 3. The monoisotopic (exact) mass is 344 g/mol. The first kappa shape index (κ1) is 18.4. The molecule has 0 radical (unpaired) electrons. The van der Waals surface area contributed by atoms with Crippen LogP contribution >= 0.6 is 0 Å². The van der Waals surface area contributed by atoms with E-state index < -0.39 is 11.9 Å². The quantitative estimate of drug-likeness (QED) is 0.884. The third-order valence-electron chi connectivity index (χ3n) is 4.08. The smallest absolute Gasteiger partial charge is 0.382 e. The van der Waals surface area contributed by atoms with E-state index in [9.17, 15) is 18.0 Å². The fourth-order valence-corrected chi connectivity index (χ4v) is 2.82. The highest BCUT2D eigenvalue weighted by atomic mass is 19.4. The zero-order chi connectivity index (χ0) is 17.9. The molecule has 1 aromatic heterocycles. The van der Waals surface area contributed by atoms with Gasteiger partial charge in [0.25, 0.3) is 0 Å². The van der Waals surface area contributed by atoms with E-state index in [1.165, 1.54) is 4.90 Å². The summed E-state index contributed by atoms with van der Waals surface area (Å²) in [5.74, 6) is 0. The van der Waals surface area contributed by atoms with E-state index >= 15 is 0 Å². The maximum Gasteiger partial charge on any atom is 0.433 e. The molecule has 2 amide bonds. The van der Waals surface area contributed by atoms with Gasteiger partial charge in [0.15, 0.2) is 0 Å². The van der Waals surface area contributed by atoms with Gasteiger partial charge in [-0.1, -0.05) is 0 Å². The van der Waals surface area contributed by atoms with Gasteiger partial charge in [0.2, 0.25) is 0 Å². The van der Waals surface area contributed by atoms with Crippen LogP contribution in [0.1, 0.15) is 37.1 Å². The molecule has 8 heteroatoms. The van der Waals surface area contributed by atoms with Crippen molar-refractivity contribution >= 4 is 11.7 Å².